The van der Waals surface area contributed by atoms with Crippen LogP contribution in [0.15, 0.2) is 59.5 Å². The van der Waals surface area contributed by atoms with Gasteiger partial charge in [-0.25, -0.2) is 9.59 Å². The maximum absolute atomic E-state index is 12.3. The predicted molar refractivity (Wildman–Crippen MR) is 118 cm³/mol. The van der Waals surface area contributed by atoms with E-state index < -0.39 is 18.5 Å². The average molecular weight is 434 g/mol. The molecule has 0 atom stereocenters. The standard InChI is InChI=1S/C23H22N4O5/c1-15-13-24-23(31)27(15)17-10-8-16(9-11-17)22(30)32-14-20(28)25-18-5-2-3-6-19(18)26-12-4-7-21(26)29/h2-3,5-6,8-11,13H,4,7,12,14H2,1H3,(H,24,31)(H,25,28). The van der Waals surface area contributed by atoms with Gasteiger partial charge in [-0.05, 0) is 49.7 Å². The van der Waals surface area contributed by atoms with Crippen LogP contribution in [0.4, 0.5) is 11.4 Å². The Balaban J connectivity index is 1.37. The molecule has 2 amide bonds. The van der Waals surface area contributed by atoms with E-state index in [4.69, 9.17) is 4.74 Å². The molecular formula is C23H22N4O5. The first-order chi connectivity index (χ1) is 15.4. The summed E-state index contributed by atoms with van der Waals surface area (Å²) in [4.78, 5) is 52.8. The van der Waals surface area contributed by atoms with Crippen molar-refractivity contribution in [3.8, 4) is 5.69 Å². The third-order valence-corrected chi connectivity index (χ3v) is 5.20. The number of nitrogens with one attached hydrogen (secondary N) is 2. The second-order valence-corrected chi connectivity index (χ2v) is 7.41. The maximum Gasteiger partial charge on any atom is 0.338 e. The predicted octanol–water partition coefficient (Wildman–Crippen LogP) is 2.40. The second-order valence-electron chi connectivity index (χ2n) is 7.41. The molecule has 0 aliphatic carbocycles. The number of nitrogens with zero attached hydrogens (tertiary/aromatic N) is 2. The number of aromatic amines is 1. The number of hydrogen-bond acceptors (Lipinski definition) is 5. The van der Waals surface area contributed by atoms with Crippen LogP contribution in [-0.2, 0) is 14.3 Å². The molecule has 3 aromatic rings. The molecule has 4 rings (SSSR count). The van der Waals surface area contributed by atoms with E-state index in [1.165, 1.54) is 16.7 Å². The molecule has 1 aliphatic heterocycles. The van der Waals surface area contributed by atoms with Crippen molar-refractivity contribution in [1.82, 2.24) is 9.55 Å². The molecule has 164 valence electrons. The van der Waals surface area contributed by atoms with Crippen LogP contribution < -0.4 is 15.9 Å². The number of aromatic nitrogens is 2. The smallest absolute Gasteiger partial charge is 0.338 e. The molecule has 32 heavy (non-hydrogen) atoms. The van der Waals surface area contributed by atoms with Crippen LogP contribution in [-0.4, -0.2) is 40.5 Å². The lowest BCUT2D eigenvalue weighted by Gasteiger charge is -2.19. The van der Waals surface area contributed by atoms with Gasteiger partial charge < -0.3 is 19.9 Å². The first-order valence-electron chi connectivity index (χ1n) is 10.2. The summed E-state index contributed by atoms with van der Waals surface area (Å²) in [5.41, 5.74) is 2.44. The van der Waals surface area contributed by atoms with Crippen LogP contribution >= 0.6 is 0 Å². The summed E-state index contributed by atoms with van der Waals surface area (Å²) in [6.45, 7) is 1.92. The Hall–Kier alpha value is -4.14. The number of anilines is 2. The monoisotopic (exact) mass is 434 g/mol. The largest absolute Gasteiger partial charge is 0.452 e. The van der Waals surface area contributed by atoms with Crippen LogP contribution in [0.1, 0.15) is 28.9 Å². The Morgan fingerprint density at radius 2 is 1.84 bits per heavy atom. The van der Waals surface area contributed by atoms with Crippen LogP contribution in [0, 0.1) is 6.92 Å². The van der Waals surface area contributed by atoms with E-state index >= 15 is 0 Å². The number of esters is 1. The van der Waals surface area contributed by atoms with Gasteiger partial charge in [-0.3, -0.25) is 14.2 Å². The fraction of sp³-hybridized carbons (Fsp3) is 0.217. The number of amides is 2. The lowest BCUT2D eigenvalue weighted by atomic mass is 10.2. The molecule has 0 bridgehead atoms. The van der Waals surface area contributed by atoms with Gasteiger partial charge in [-0.2, -0.15) is 0 Å². The molecule has 0 saturated carbocycles. The van der Waals surface area contributed by atoms with Crippen molar-refractivity contribution in [2.45, 2.75) is 19.8 Å². The van der Waals surface area contributed by atoms with Gasteiger partial charge in [0.1, 0.15) is 0 Å². The average Bonchev–Trinajstić information content (AvgIpc) is 3.37. The number of carbonyl (C=O) groups excluding carboxylic acids is 3. The van der Waals surface area contributed by atoms with Crippen molar-refractivity contribution in [3.63, 3.8) is 0 Å². The number of benzene rings is 2. The molecule has 9 heteroatoms. The molecule has 2 aromatic carbocycles. The van der Waals surface area contributed by atoms with Gasteiger partial charge >= 0.3 is 11.7 Å². The molecule has 1 fully saturated rings. The molecule has 2 heterocycles. The summed E-state index contributed by atoms with van der Waals surface area (Å²) in [6, 6.07) is 13.3. The fourth-order valence-corrected chi connectivity index (χ4v) is 3.64. The molecule has 2 N–H and O–H groups in total. The number of para-hydroxylation sites is 2. The minimum atomic E-state index is -0.659. The minimum absolute atomic E-state index is 0.0127. The van der Waals surface area contributed by atoms with Crippen molar-refractivity contribution in [1.29, 1.82) is 0 Å². The van der Waals surface area contributed by atoms with Gasteiger partial charge in [-0.1, -0.05) is 12.1 Å². The zero-order chi connectivity index (χ0) is 22.7. The van der Waals surface area contributed by atoms with Crippen LogP contribution in [0.2, 0.25) is 0 Å². The van der Waals surface area contributed by atoms with Gasteiger partial charge in [0.2, 0.25) is 5.91 Å². The molecule has 0 spiro atoms. The highest BCUT2D eigenvalue weighted by atomic mass is 16.5. The fourth-order valence-electron chi connectivity index (χ4n) is 3.64. The zero-order valence-electron chi connectivity index (χ0n) is 17.5. The Bertz CT molecular complexity index is 1230. The van der Waals surface area contributed by atoms with E-state index in [9.17, 15) is 19.2 Å². The number of aryl methyl sites for hydroxylation is 1. The van der Waals surface area contributed by atoms with Gasteiger partial charge in [0.05, 0.1) is 22.6 Å². The summed E-state index contributed by atoms with van der Waals surface area (Å²) < 4.78 is 6.60. The van der Waals surface area contributed by atoms with Crippen molar-refractivity contribution < 1.29 is 19.1 Å². The highest BCUT2D eigenvalue weighted by Crippen LogP contribution is 2.29. The van der Waals surface area contributed by atoms with Crippen molar-refractivity contribution in [3.05, 3.63) is 76.5 Å². The molecule has 1 aliphatic rings. The quantitative estimate of drug-likeness (QED) is 0.579. The van der Waals surface area contributed by atoms with E-state index in [2.05, 4.69) is 10.3 Å². The molecule has 0 radical (unpaired) electrons. The summed E-state index contributed by atoms with van der Waals surface area (Å²) in [5.74, 6) is -1.16. The van der Waals surface area contributed by atoms with E-state index in [1.807, 2.05) is 0 Å². The highest BCUT2D eigenvalue weighted by molar-refractivity contribution is 6.02. The molecule has 1 aromatic heterocycles. The molecule has 0 unspecified atom stereocenters. The Morgan fingerprint density at radius 1 is 1.09 bits per heavy atom. The van der Waals surface area contributed by atoms with E-state index in [0.29, 0.717) is 30.0 Å². The normalized spacial score (nSPS) is 13.3. The number of rotatable bonds is 6. The SMILES string of the molecule is Cc1c[nH]c(=O)n1-c1ccc(C(=O)OCC(=O)Nc2ccccc2N2CCCC2=O)cc1. The van der Waals surface area contributed by atoms with E-state index in [-0.39, 0.29) is 17.2 Å². The van der Waals surface area contributed by atoms with Crippen LogP contribution in [0.3, 0.4) is 0 Å². The Morgan fingerprint density at radius 3 is 2.50 bits per heavy atom. The first-order valence-corrected chi connectivity index (χ1v) is 10.2. The Labute approximate surface area is 183 Å². The van der Waals surface area contributed by atoms with Crippen molar-refractivity contribution >= 4 is 29.2 Å². The van der Waals surface area contributed by atoms with Crippen molar-refractivity contribution in [2.24, 2.45) is 0 Å². The molecular weight excluding hydrogens is 412 g/mol. The zero-order valence-corrected chi connectivity index (χ0v) is 17.5. The van der Waals surface area contributed by atoms with Crippen LogP contribution in [0.25, 0.3) is 5.69 Å². The molecule has 1 saturated heterocycles. The van der Waals surface area contributed by atoms with Gasteiger partial charge in [0.15, 0.2) is 6.61 Å². The lowest BCUT2D eigenvalue weighted by Crippen LogP contribution is -2.27. The number of carbonyl (C=O) groups is 3. The Kier molecular flexibility index (Phi) is 5.89. The molecule has 9 nitrogen and oxygen atoms in total. The lowest BCUT2D eigenvalue weighted by molar-refractivity contribution is -0.119. The number of imidazole rings is 1. The number of ether oxygens (including phenoxy) is 1. The summed E-state index contributed by atoms with van der Waals surface area (Å²) >= 11 is 0. The van der Waals surface area contributed by atoms with Gasteiger partial charge in [0.25, 0.3) is 5.91 Å². The van der Waals surface area contributed by atoms with E-state index in [1.54, 1.807) is 54.4 Å². The van der Waals surface area contributed by atoms with Gasteiger partial charge in [0, 0.05) is 24.9 Å². The summed E-state index contributed by atoms with van der Waals surface area (Å²) in [7, 11) is 0. The number of hydrogen-bond donors (Lipinski definition) is 2. The third-order valence-electron chi connectivity index (χ3n) is 5.20. The first kappa shape index (κ1) is 21.1. The van der Waals surface area contributed by atoms with Gasteiger partial charge in [-0.15, -0.1) is 0 Å². The topological polar surface area (TPSA) is 114 Å². The number of H-pyrrole nitrogens is 1. The summed E-state index contributed by atoms with van der Waals surface area (Å²) in [5, 5.41) is 2.70. The van der Waals surface area contributed by atoms with E-state index in [0.717, 1.165) is 12.1 Å². The van der Waals surface area contributed by atoms with Crippen molar-refractivity contribution in [2.75, 3.05) is 23.4 Å². The minimum Gasteiger partial charge on any atom is -0.452 e. The summed E-state index contributed by atoms with van der Waals surface area (Å²) in [6.07, 6.45) is 2.85. The van der Waals surface area contributed by atoms with Crippen LogP contribution in [0.5, 0.6) is 0 Å². The second kappa shape index (κ2) is 8.93. The highest BCUT2D eigenvalue weighted by Gasteiger charge is 2.24. The maximum atomic E-state index is 12.3. The third kappa shape index (κ3) is 4.31.